The Kier molecular flexibility index (Phi) is 3.50. The maximum Gasteiger partial charge on any atom is 0.167 e. The average molecular weight is 269 g/mol. The average Bonchev–Trinajstić information content (AvgIpc) is 2.49. The van der Waals surface area contributed by atoms with Gasteiger partial charge in [-0.15, -0.1) is 0 Å². The van der Waals surface area contributed by atoms with Gasteiger partial charge in [0.1, 0.15) is 5.82 Å². The van der Waals surface area contributed by atoms with Crippen LogP contribution in [0.4, 0.5) is 10.1 Å². The molecule has 0 radical (unpaired) electrons. The molecule has 0 aliphatic carbocycles. The van der Waals surface area contributed by atoms with Gasteiger partial charge in [-0.2, -0.15) is 0 Å². The molecule has 0 amide bonds. The van der Waals surface area contributed by atoms with E-state index in [1.807, 2.05) is 18.2 Å². The van der Waals surface area contributed by atoms with Crippen molar-refractivity contribution in [3.05, 3.63) is 65.0 Å². The number of carbonyl (C=O) groups is 1. The van der Waals surface area contributed by atoms with Crippen molar-refractivity contribution in [2.45, 2.75) is 19.3 Å². The van der Waals surface area contributed by atoms with E-state index in [0.29, 0.717) is 11.1 Å². The van der Waals surface area contributed by atoms with Gasteiger partial charge in [-0.3, -0.25) is 4.79 Å². The summed E-state index contributed by atoms with van der Waals surface area (Å²) in [6.45, 7) is 0.982. The van der Waals surface area contributed by atoms with E-state index in [9.17, 15) is 9.18 Å². The molecule has 102 valence electrons. The first-order valence-corrected chi connectivity index (χ1v) is 6.87. The third-order valence-electron chi connectivity index (χ3n) is 3.67. The molecule has 1 heterocycles. The van der Waals surface area contributed by atoms with E-state index in [1.54, 1.807) is 18.2 Å². The molecule has 20 heavy (non-hydrogen) atoms. The fourth-order valence-corrected chi connectivity index (χ4v) is 2.57. The molecule has 0 saturated heterocycles. The van der Waals surface area contributed by atoms with Crippen LogP contribution in [0.25, 0.3) is 0 Å². The third kappa shape index (κ3) is 2.57. The van der Waals surface area contributed by atoms with Crippen molar-refractivity contribution in [2.75, 3.05) is 11.9 Å². The maximum absolute atomic E-state index is 13.6. The number of halogens is 1. The maximum atomic E-state index is 13.6. The molecule has 0 unspecified atom stereocenters. The lowest BCUT2D eigenvalue weighted by atomic mass is 9.96. The first-order chi connectivity index (χ1) is 9.74. The molecule has 0 aromatic heterocycles. The molecule has 3 rings (SSSR count). The number of benzene rings is 2. The molecule has 2 aromatic rings. The number of ketones is 1. The Labute approximate surface area is 117 Å². The van der Waals surface area contributed by atoms with Gasteiger partial charge < -0.3 is 5.32 Å². The lowest BCUT2D eigenvalue weighted by Crippen LogP contribution is -2.13. The van der Waals surface area contributed by atoms with Crippen molar-refractivity contribution in [1.29, 1.82) is 0 Å². The van der Waals surface area contributed by atoms with E-state index in [4.69, 9.17) is 0 Å². The van der Waals surface area contributed by atoms with Crippen LogP contribution in [0.5, 0.6) is 0 Å². The highest BCUT2D eigenvalue weighted by Gasteiger charge is 2.14. The van der Waals surface area contributed by atoms with Crippen LogP contribution in [0.15, 0.2) is 42.5 Å². The predicted molar refractivity (Wildman–Crippen MR) is 77.7 cm³/mol. The molecular formula is C17H16FNO. The highest BCUT2D eigenvalue weighted by Crippen LogP contribution is 2.23. The molecule has 2 nitrogen and oxygen atoms in total. The number of nitrogens with one attached hydrogen (secondary N) is 1. The van der Waals surface area contributed by atoms with Crippen molar-refractivity contribution < 1.29 is 9.18 Å². The van der Waals surface area contributed by atoms with E-state index < -0.39 is 0 Å². The lowest BCUT2D eigenvalue weighted by molar-refractivity contribution is 0.0991. The van der Waals surface area contributed by atoms with Crippen LogP contribution in [-0.4, -0.2) is 12.3 Å². The van der Waals surface area contributed by atoms with Crippen LogP contribution >= 0.6 is 0 Å². The first-order valence-electron chi connectivity index (χ1n) is 6.87. The Balaban J connectivity index is 1.82. The largest absolute Gasteiger partial charge is 0.385 e. The summed E-state index contributed by atoms with van der Waals surface area (Å²) in [6.07, 6.45) is 2.18. The molecule has 1 aliphatic rings. The highest BCUT2D eigenvalue weighted by atomic mass is 19.1. The lowest BCUT2D eigenvalue weighted by Gasteiger charge is -2.18. The molecular weight excluding hydrogens is 253 g/mol. The fraction of sp³-hybridized carbons (Fsp3) is 0.235. The summed E-state index contributed by atoms with van der Waals surface area (Å²) in [5, 5.41) is 3.32. The Hall–Kier alpha value is -2.16. The van der Waals surface area contributed by atoms with E-state index in [1.165, 1.54) is 11.6 Å². The zero-order chi connectivity index (χ0) is 13.9. The summed E-state index contributed by atoms with van der Waals surface area (Å²) < 4.78 is 13.6. The third-order valence-corrected chi connectivity index (χ3v) is 3.67. The second kappa shape index (κ2) is 5.45. The van der Waals surface area contributed by atoms with Crippen molar-refractivity contribution >= 4 is 11.5 Å². The van der Waals surface area contributed by atoms with Gasteiger partial charge in [0.2, 0.25) is 0 Å². The van der Waals surface area contributed by atoms with E-state index in [-0.39, 0.29) is 18.0 Å². The van der Waals surface area contributed by atoms with Gasteiger partial charge in [-0.05, 0) is 48.2 Å². The summed E-state index contributed by atoms with van der Waals surface area (Å²) in [6, 6.07) is 12.1. The Bertz CT molecular complexity index is 651. The molecule has 0 saturated carbocycles. The normalized spacial score (nSPS) is 13.4. The molecule has 0 fully saturated rings. The van der Waals surface area contributed by atoms with Gasteiger partial charge in [0, 0.05) is 24.2 Å². The minimum absolute atomic E-state index is 0.0385. The standard InChI is InChI=1S/C17H16FNO/c18-15-6-2-1-4-12(15)11-17(20)14-7-8-16-13(10-14)5-3-9-19-16/h1-2,4,6-8,10,19H,3,5,9,11H2. The summed E-state index contributed by atoms with van der Waals surface area (Å²) >= 11 is 0. The van der Waals surface area contributed by atoms with Crippen LogP contribution in [0, 0.1) is 5.82 Å². The van der Waals surface area contributed by atoms with Gasteiger partial charge in [0.15, 0.2) is 5.78 Å². The molecule has 1 N–H and O–H groups in total. The Morgan fingerprint density at radius 2 is 2.05 bits per heavy atom. The zero-order valence-corrected chi connectivity index (χ0v) is 11.2. The first kappa shape index (κ1) is 12.9. The molecule has 2 aromatic carbocycles. The van der Waals surface area contributed by atoms with Crippen LogP contribution in [-0.2, 0) is 12.8 Å². The number of fused-ring (bicyclic) bond motifs is 1. The quantitative estimate of drug-likeness (QED) is 0.862. The smallest absolute Gasteiger partial charge is 0.167 e. The second-order valence-corrected chi connectivity index (χ2v) is 5.09. The van der Waals surface area contributed by atoms with Crippen molar-refractivity contribution in [2.24, 2.45) is 0 Å². The summed E-state index contributed by atoms with van der Waals surface area (Å²) in [4.78, 5) is 12.3. The van der Waals surface area contributed by atoms with E-state index in [0.717, 1.165) is 25.1 Å². The molecule has 1 aliphatic heterocycles. The number of aryl methyl sites for hydroxylation is 1. The number of Topliss-reactive ketones (excluding diaryl/α,β-unsaturated/α-hetero) is 1. The Morgan fingerprint density at radius 3 is 2.90 bits per heavy atom. The number of hydrogen-bond acceptors (Lipinski definition) is 2. The van der Waals surface area contributed by atoms with Crippen LogP contribution in [0.2, 0.25) is 0 Å². The van der Waals surface area contributed by atoms with Gasteiger partial charge in [0.05, 0.1) is 0 Å². The summed E-state index contributed by atoms with van der Waals surface area (Å²) in [5.74, 6) is -0.357. The van der Waals surface area contributed by atoms with Gasteiger partial charge in [-0.1, -0.05) is 18.2 Å². The van der Waals surface area contributed by atoms with Crippen molar-refractivity contribution in [1.82, 2.24) is 0 Å². The van der Waals surface area contributed by atoms with Gasteiger partial charge >= 0.3 is 0 Å². The second-order valence-electron chi connectivity index (χ2n) is 5.09. The SMILES string of the molecule is O=C(Cc1ccccc1F)c1ccc2c(c1)CCCN2. The number of rotatable bonds is 3. The number of carbonyl (C=O) groups excluding carboxylic acids is 1. The predicted octanol–water partition coefficient (Wildman–Crippen LogP) is 3.61. The minimum atomic E-state index is -0.319. The Morgan fingerprint density at radius 1 is 1.20 bits per heavy atom. The van der Waals surface area contributed by atoms with E-state index >= 15 is 0 Å². The van der Waals surface area contributed by atoms with Gasteiger partial charge in [0.25, 0.3) is 0 Å². The highest BCUT2D eigenvalue weighted by molar-refractivity contribution is 5.98. The number of anilines is 1. The monoisotopic (exact) mass is 269 g/mol. The fourth-order valence-electron chi connectivity index (χ4n) is 2.57. The molecule has 0 spiro atoms. The van der Waals surface area contributed by atoms with Crippen LogP contribution in [0.1, 0.15) is 27.9 Å². The number of hydrogen-bond donors (Lipinski definition) is 1. The van der Waals surface area contributed by atoms with Crippen LogP contribution in [0.3, 0.4) is 0 Å². The molecule has 0 atom stereocenters. The summed E-state index contributed by atoms with van der Waals surface area (Å²) in [7, 11) is 0. The molecule has 0 bridgehead atoms. The summed E-state index contributed by atoms with van der Waals surface area (Å²) in [5.41, 5.74) is 3.40. The van der Waals surface area contributed by atoms with Crippen molar-refractivity contribution in [3.63, 3.8) is 0 Å². The van der Waals surface area contributed by atoms with Gasteiger partial charge in [-0.25, -0.2) is 4.39 Å². The zero-order valence-electron chi connectivity index (χ0n) is 11.2. The minimum Gasteiger partial charge on any atom is -0.385 e. The van der Waals surface area contributed by atoms with Crippen LogP contribution < -0.4 is 5.32 Å². The van der Waals surface area contributed by atoms with Crippen molar-refractivity contribution in [3.8, 4) is 0 Å². The van der Waals surface area contributed by atoms with E-state index in [2.05, 4.69) is 5.32 Å². The molecule has 3 heteroatoms. The topological polar surface area (TPSA) is 29.1 Å².